The lowest BCUT2D eigenvalue weighted by molar-refractivity contribution is -0.541. The molecule has 0 aromatic carbocycles. The maximum Gasteiger partial charge on any atom is 0.412 e. The molecule has 0 bridgehead atoms. The lowest BCUT2D eigenvalue weighted by Gasteiger charge is -2.46. The van der Waals surface area contributed by atoms with Gasteiger partial charge >= 0.3 is 6.16 Å². The van der Waals surface area contributed by atoms with Crippen LogP contribution in [0, 0.1) is 11.3 Å². The molecule has 0 unspecified atom stereocenters. The zero-order valence-corrected chi connectivity index (χ0v) is 11.4. The second-order valence-electron chi connectivity index (χ2n) is 5.30. The van der Waals surface area contributed by atoms with Crippen molar-refractivity contribution in [1.82, 2.24) is 0 Å². The van der Waals surface area contributed by atoms with Crippen LogP contribution in [-0.4, -0.2) is 32.6 Å². The van der Waals surface area contributed by atoms with Gasteiger partial charge in [0.1, 0.15) is 0 Å². The van der Waals surface area contributed by atoms with E-state index in [9.17, 15) is 0 Å². The first-order valence-corrected chi connectivity index (χ1v) is 6.84. The van der Waals surface area contributed by atoms with Gasteiger partial charge in [0.25, 0.3) is 0 Å². The van der Waals surface area contributed by atoms with E-state index in [1.54, 1.807) is 0 Å². The molecule has 4 heteroatoms. The molecule has 2 saturated heterocycles. The molecule has 2 fully saturated rings. The van der Waals surface area contributed by atoms with Crippen LogP contribution in [0.2, 0.25) is 0 Å². The van der Waals surface area contributed by atoms with E-state index in [1.165, 1.54) is 0 Å². The highest BCUT2D eigenvalue weighted by Crippen LogP contribution is 2.38. The van der Waals surface area contributed by atoms with Crippen molar-refractivity contribution in [3.63, 3.8) is 0 Å². The number of hydrogen-bond acceptors (Lipinski definition) is 4. The lowest BCUT2D eigenvalue weighted by atomic mass is 9.84. The normalized spacial score (nSPS) is 27.2. The van der Waals surface area contributed by atoms with Crippen LogP contribution in [0.4, 0.5) is 0 Å². The van der Waals surface area contributed by atoms with E-state index in [-0.39, 0.29) is 5.41 Å². The zero-order valence-electron chi connectivity index (χ0n) is 11.4. The molecule has 0 atom stereocenters. The van der Waals surface area contributed by atoms with Gasteiger partial charge in [-0.05, 0) is 19.3 Å². The minimum Gasteiger partial charge on any atom is -0.303 e. The summed E-state index contributed by atoms with van der Waals surface area (Å²) in [6.45, 7) is 10.5. The number of rotatable bonds is 4. The van der Waals surface area contributed by atoms with Crippen LogP contribution >= 0.6 is 0 Å². The van der Waals surface area contributed by atoms with Crippen molar-refractivity contribution < 1.29 is 18.9 Å². The Morgan fingerprint density at radius 3 is 2.06 bits per heavy atom. The van der Waals surface area contributed by atoms with Crippen LogP contribution in [0.3, 0.4) is 0 Å². The molecule has 0 radical (unpaired) electrons. The molecule has 2 heterocycles. The maximum atomic E-state index is 5.74. The molecule has 0 aromatic rings. The summed E-state index contributed by atoms with van der Waals surface area (Å²) < 4.78 is 22.8. The minimum atomic E-state index is -1.24. The minimum absolute atomic E-state index is 0.107. The Morgan fingerprint density at radius 2 is 1.61 bits per heavy atom. The molecule has 2 aliphatic heterocycles. The average molecular weight is 256 g/mol. The number of allylic oxidation sites excluding steroid dienone is 1. The fourth-order valence-corrected chi connectivity index (χ4v) is 2.29. The largest absolute Gasteiger partial charge is 0.412 e. The summed E-state index contributed by atoms with van der Waals surface area (Å²) in [5, 5.41) is 0. The van der Waals surface area contributed by atoms with Gasteiger partial charge in [0.05, 0.1) is 26.4 Å². The second kappa shape index (κ2) is 5.70. The first-order valence-electron chi connectivity index (χ1n) is 6.84. The van der Waals surface area contributed by atoms with Crippen LogP contribution in [0.1, 0.15) is 33.1 Å². The van der Waals surface area contributed by atoms with Gasteiger partial charge in [-0.1, -0.05) is 19.9 Å². The van der Waals surface area contributed by atoms with E-state index in [1.807, 2.05) is 6.08 Å². The SMILES string of the molecule is C=CCC1COC2(OC1)OCC(CC)(CC)CO2. The van der Waals surface area contributed by atoms with E-state index >= 15 is 0 Å². The van der Waals surface area contributed by atoms with Gasteiger partial charge in [-0.25, -0.2) is 0 Å². The van der Waals surface area contributed by atoms with E-state index in [4.69, 9.17) is 18.9 Å². The Morgan fingerprint density at radius 1 is 1.06 bits per heavy atom. The highest BCUT2D eigenvalue weighted by atomic mass is 17.0. The Hall–Kier alpha value is -0.420. The van der Waals surface area contributed by atoms with Crippen molar-refractivity contribution in [3.8, 4) is 0 Å². The molecule has 4 nitrogen and oxygen atoms in total. The average Bonchev–Trinajstić information content (AvgIpc) is 2.43. The van der Waals surface area contributed by atoms with Crippen molar-refractivity contribution in [2.45, 2.75) is 39.3 Å². The topological polar surface area (TPSA) is 36.9 Å². The highest BCUT2D eigenvalue weighted by Gasteiger charge is 2.48. The van der Waals surface area contributed by atoms with Gasteiger partial charge in [-0.3, -0.25) is 0 Å². The Kier molecular flexibility index (Phi) is 4.43. The quantitative estimate of drug-likeness (QED) is 0.725. The van der Waals surface area contributed by atoms with Gasteiger partial charge in [0, 0.05) is 11.3 Å². The Bertz CT molecular complexity index is 266. The predicted molar refractivity (Wildman–Crippen MR) is 67.9 cm³/mol. The standard InChI is InChI=1S/C14H24O4/c1-4-7-12-8-15-14(16-9-12)17-10-13(5-2,6-3)11-18-14/h4,12H,1,5-11H2,2-3H3. The molecule has 18 heavy (non-hydrogen) atoms. The van der Waals surface area contributed by atoms with Crippen molar-refractivity contribution in [2.24, 2.45) is 11.3 Å². The third-order valence-corrected chi connectivity index (χ3v) is 4.10. The summed E-state index contributed by atoms with van der Waals surface area (Å²) in [5.74, 6) is 0.351. The van der Waals surface area contributed by atoms with Crippen LogP contribution in [0.15, 0.2) is 12.7 Å². The van der Waals surface area contributed by atoms with Gasteiger partial charge in [-0.2, -0.15) is 0 Å². The van der Waals surface area contributed by atoms with E-state index < -0.39 is 6.16 Å². The molecule has 1 spiro atoms. The summed E-state index contributed by atoms with van der Waals surface area (Å²) in [7, 11) is 0. The molecule has 104 valence electrons. The van der Waals surface area contributed by atoms with Crippen LogP contribution in [0.5, 0.6) is 0 Å². The molecule has 0 saturated carbocycles. The summed E-state index contributed by atoms with van der Waals surface area (Å²) in [6.07, 6.45) is 3.62. The van der Waals surface area contributed by atoms with Crippen LogP contribution < -0.4 is 0 Å². The molecule has 2 aliphatic rings. The smallest absolute Gasteiger partial charge is 0.303 e. The molecule has 0 N–H and O–H groups in total. The second-order valence-corrected chi connectivity index (χ2v) is 5.30. The molecule has 0 aliphatic carbocycles. The number of ether oxygens (including phenoxy) is 4. The highest BCUT2D eigenvalue weighted by molar-refractivity contribution is 4.81. The third-order valence-electron chi connectivity index (χ3n) is 4.10. The van der Waals surface area contributed by atoms with Gasteiger partial charge in [0.15, 0.2) is 0 Å². The van der Waals surface area contributed by atoms with Crippen molar-refractivity contribution in [1.29, 1.82) is 0 Å². The fourth-order valence-electron chi connectivity index (χ4n) is 2.29. The van der Waals surface area contributed by atoms with Crippen LogP contribution in [0.25, 0.3) is 0 Å². The van der Waals surface area contributed by atoms with E-state index in [0.717, 1.165) is 19.3 Å². The molecule has 0 aromatic heterocycles. The van der Waals surface area contributed by atoms with Crippen molar-refractivity contribution >= 4 is 0 Å². The Labute approximate surface area is 109 Å². The zero-order chi connectivity index (χ0) is 13.1. The fraction of sp³-hybridized carbons (Fsp3) is 0.857. The van der Waals surface area contributed by atoms with Gasteiger partial charge in [0.2, 0.25) is 0 Å². The van der Waals surface area contributed by atoms with E-state index in [0.29, 0.717) is 32.3 Å². The molecule has 0 amide bonds. The first-order chi connectivity index (χ1) is 8.67. The van der Waals surface area contributed by atoms with Gasteiger partial charge < -0.3 is 18.9 Å². The summed E-state index contributed by atoms with van der Waals surface area (Å²) >= 11 is 0. The first kappa shape index (κ1) is 14.0. The maximum absolute atomic E-state index is 5.74. The predicted octanol–water partition coefficient (Wildman–Crippen LogP) is 2.69. The number of hydrogen-bond donors (Lipinski definition) is 0. The molecular formula is C14H24O4. The van der Waals surface area contributed by atoms with E-state index in [2.05, 4.69) is 20.4 Å². The molecule has 2 rings (SSSR count). The Balaban J connectivity index is 1.88. The summed E-state index contributed by atoms with van der Waals surface area (Å²) in [6, 6.07) is 0. The lowest BCUT2D eigenvalue weighted by Crippen LogP contribution is -2.55. The third kappa shape index (κ3) is 2.77. The summed E-state index contributed by atoms with van der Waals surface area (Å²) in [4.78, 5) is 0. The van der Waals surface area contributed by atoms with Crippen LogP contribution in [-0.2, 0) is 18.9 Å². The van der Waals surface area contributed by atoms with Crippen molar-refractivity contribution in [3.05, 3.63) is 12.7 Å². The van der Waals surface area contributed by atoms with Gasteiger partial charge in [-0.15, -0.1) is 6.58 Å². The monoisotopic (exact) mass is 256 g/mol. The molecular weight excluding hydrogens is 232 g/mol. The summed E-state index contributed by atoms with van der Waals surface area (Å²) in [5.41, 5.74) is 0.107. The van der Waals surface area contributed by atoms with Crippen molar-refractivity contribution in [2.75, 3.05) is 26.4 Å².